The van der Waals surface area contributed by atoms with Crippen molar-refractivity contribution in [1.82, 2.24) is 5.32 Å². The number of halogens is 4. The van der Waals surface area contributed by atoms with E-state index in [4.69, 9.17) is 28.6 Å². The molecular formula is C18H19ClF3N3OS. The van der Waals surface area contributed by atoms with Crippen LogP contribution in [0.15, 0.2) is 47.2 Å². The van der Waals surface area contributed by atoms with Gasteiger partial charge < -0.3 is 15.4 Å². The van der Waals surface area contributed by atoms with Crippen molar-refractivity contribution in [1.29, 1.82) is 0 Å². The molecule has 0 radical (unpaired) electrons. The summed E-state index contributed by atoms with van der Waals surface area (Å²) >= 11 is 11.2. The number of thiocarbonyl (C=S) groups is 1. The highest BCUT2D eigenvalue weighted by Crippen LogP contribution is 2.49. The van der Waals surface area contributed by atoms with E-state index in [2.05, 4.69) is 15.6 Å². The molecule has 0 heterocycles. The average Bonchev–Trinajstić information content (AvgIpc) is 3.36. The number of hydrogen-bond donors (Lipinski definition) is 2. The van der Waals surface area contributed by atoms with Crippen molar-refractivity contribution in [3.63, 3.8) is 0 Å². The second-order valence-corrected chi connectivity index (χ2v) is 6.69. The van der Waals surface area contributed by atoms with Gasteiger partial charge in [0.05, 0.1) is 10.7 Å². The Morgan fingerprint density at radius 3 is 2.59 bits per heavy atom. The van der Waals surface area contributed by atoms with Crippen LogP contribution in [0.2, 0.25) is 5.02 Å². The topological polar surface area (TPSA) is 45.6 Å². The van der Waals surface area contributed by atoms with Crippen LogP contribution < -0.4 is 15.4 Å². The monoisotopic (exact) mass is 417 g/mol. The second-order valence-electron chi connectivity index (χ2n) is 5.88. The number of hydrogen-bond acceptors (Lipinski definition) is 3. The van der Waals surface area contributed by atoms with Gasteiger partial charge in [-0.05, 0) is 56.3 Å². The Bertz CT molecular complexity index is 787. The van der Waals surface area contributed by atoms with Crippen LogP contribution in [0.5, 0.6) is 5.75 Å². The minimum atomic E-state index is -4.35. The van der Waals surface area contributed by atoms with E-state index in [0.717, 1.165) is 0 Å². The fraction of sp³-hybridized carbons (Fsp3) is 0.333. The molecule has 0 aliphatic heterocycles. The number of ether oxygens (including phenoxy) is 1. The van der Waals surface area contributed by atoms with Crippen molar-refractivity contribution < 1.29 is 17.9 Å². The van der Waals surface area contributed by atoms with E-state index in [9.17, 15) is 13.2 Å². The number of nitrogens with one attached hydrogen (secondary N) is 2. The van der Waals surface area contributed by atoms with Gasteiger partial charge in [0.25, 0.3) is 0 Å². The summed E-state index contributed by atoms with van der Waals surface area (Å²) in [6.07, 6.45) is 2.49. The molecule has 0 amide bonds. The lowest BCUT2D eigenvalue weighted by molar-refractivity contribution is -0.161. The van der Waals surface area contributed by atoms with Crippen molar-refractivity contribution in [2.75, 3.05) is 12.4 Å². The van der Waals surface area contributed by atoms with Gasteiger partial charge in [0, 0.05) is 19.3 Å². The SMILES string of the molecule is C/C=C/C(=C\C=NC)Oc1ccc(NC(=S)NC2(C(F)(F)F)CC2)c(Cl)c1. The maximum atomic E-state index is 13.0. The fourth-order valence-corrected chi connectivity index (χ4v) is 2.73. The Kier molecular flexibility index (Phi) is 6.89. The van der Waals surface area contributed by atoms with Crippen LogP contribution in [0.3, 0.4) is 0 Å². The van der Waals surface area contributed by atoms with Gasteiger partial charge in [-0.15, -0.1) is 0 Å². The molecule has 0 atom stereocenters. The molecule has 0 spiro atoms. The number of rotatable bonds is 6. The first-order valence-corrected chi connectivity index (χ1v) is 8.88. The molecule has 2 rings (SSSR count). The zero-order valence-electron chi connectivity index (χ0n) is 14.7. The smallest absolute Gasteiger partial charge is 0.411 e. The molecule has 1 fully saturated rings. The minimum Gasteiger partial charge on any atom is -0.457 e. The summed E-state index contributed by atoms with van der Waals surface area (Å²) in [5.41, 5.74) is -1.55. The van der Waals surface area contributed by atoms with Crippen molar-refractivity contribution >= 4 is 40.8 Å². The molecule has 146 valence electrons. The molecule has 0 saturated heterocycles. The molecule has 0 unspecified atom stereocenters. The van der Waals surface area contributed by atoms with E-state index in [0.29, 0.717) is 17.2 Å². The quantitative estimate of drug-likeness (QED) is 0.287. The summed E-state index contributed by atoms with van der Waals surface area (Å²) in [5, 5.41) is 5.17. The third-order valence-electron chi connectivity index (χ3n) is 3.79. The Labute approximate surface area is 166 Å². The number of benzene rings is 1. The Hall–Kier alpha value is -2.06. The fourth-order valence-electron chi connectivity index (χ4n) is 2.21. The predicted molar refractivity (Wildman–Crippen MR) is 107 cm³/mol. The lowest BCUT2D eigenvalue weighted by Crippen LogP contribution is -2.49. The third-order valence-corrected chi connectivity index (χ3v) is 4.31. The van der Waals surface area contributed by atoms with Crippen LogP contribution in [0.4, 0.5) is 18.9 Å². The average molecular weight is 418 g/mol. The van der Waals surface area contributed by atoms with Gasteiger partial charge in [-0.1, -0.05) is 17.7 Å². The van der Waals surface area contributed by atoms with Gasteiger partial charge in [-0.25, -0.2) is 0 Å². The van der Waals surface area contributed by atoms with Crippen LogP contribution in [-0.2, 0) is 0 Å². The largest absolute Gasteiger partial charge is 0.457 e. The van der Waals surface area contributed by atoms with Crippen LogP contribution in [0.1, 0.15) is 19.8 Å². The van der Waals surface area contributed by atoms with E-state index in [1.54, 1.807) is 43.6 Å². The Morgan fingerprint density at radius 1 is 1.37 bits per heavy atom. The first kappa shape index (κ1) is 21.2. The van der Waals surface area contributed by atoms with Crippen LogP contribution >= 0.6 is 23.8 Å². The molecule has 2 N–H and O–H groups in total. The van der Waals surface area contributed by atoms with Crippen LogP contribution in [-0.4, -0.2) is 30.1 Å². The maximum Gasteiger partial charge on any atom is 0.411 e. The van der Waals surface area contributed by atoms with Gasteiger partial charge in [-0.3, -0.25) is 4.99 Å². The van der Waals surface area contributed by atoms with Crippen molar-refractivity contribution in [3.05, 3.63) is 47.2 Å². The summed E-state index contributed by atoms with van der Waals surface area (Å²) in [5.74, 6) is 1.02. The van der Waals surface area contributed by atoms with E-state index < -0.39 is 11.7 Å². The van der Waals surface area contributed by atoms with Crippen molar-refractivity contribution in [3.8, 4) is 5.75 Å². The standard InChI is InChI=1S/C18H19ClF3N3OS/c1-3-4-12(7-10-23-2)26-13-5-6-15(14(19)11-13)24-16(27)25-17(8-9-17)18(20,21)22/h3-7,10-11H,8-9H2,1-2H3,(H2,24,25,27)/b4-3+,12-7+,23-10?. The summed E-state index contributed by atoms with van der Waals surface area (Å²) in [4.78, 5) is 3.86. The van der Waals surface area contributed by atoms with E-state index >= 15 is 0 Å². The van der Waals surface area contributed by atoms with Crippen molar-refractivity contribution in [2.24, 2.45) is 4.99 Å². The number of aliphatic imine (C=N–C) groups is 1. The number of anilines is 1. The van der Waals surface area contributed by atoms with Gasteiger partial charge in [-0.2, -0.15) is 13.2 Å². The molecular weight excluding hydrogens is 399 g/mol. The van der Waals surface area contributed by atoms with E-state index in [1.165, 1.54) is 0 Å². The lowest BCUT2D eigenvalue weighted by atomic mass is 10.2. The Balaban J connectivity index is 2.05. The molecule has 0 bridgehead atoms. The molecule has 1 aromatic rings. The first-order chi connectivity index (χ1) is 12.7. The molecule has 1 aromatic carbocycles. The van der Waals surface area contributed by atoms with Gasteiger partial charge in [0.1, 0.15) is 17.0 Å². The summed E-state index contributed by atoms with van der Waals surface area (Å²) in [7, 11) is 1.64. The highest BCUT2D eigenvalue weighted by Gasteiger charge is 2.63. The van der Waals surface area contributed by atoms with Crippen molar-refractivity contribution in [2.45, 2.75) is 31.5 Å². The van der Waals surface area contributed by atoms with Gasteiger partial charge >= 0.3 is 6.18 Å². The molecule has 1 aliphatic rings. The summed E-state index contributed by atoms with van der Waals surface area (Å²) < 4.78 is 44.7. The second kappa shape index (κ2) is 8.75. The van der Waals surface area contributed by atoms with Crippen LogP contribution in [0, 0.1) is 0 Å². The van der Waals surface area contributed by atoms with E-state index in [-0.39, 0.29) is 23.0 Å². The summed E-state index contributed by atoms with van der Waals surface area (Å²) in [6.45, 7) is 1.85. The molecule has 9 heteroatoms. The Morgan fingerprint density at radius 2 is 2.07 bits per heavy atom. The lowest BCUT2D eigenvalue weighted by Gasteiger charge is -2.23. The molecule has 4 nitrogen and oxygen atoms in total. The maximum absolute atomic E-state index is 13.0. The minimum absolute atomic E-state index is 0.0000483. The highest BCUT2D eigenvalue weighted by atomic mass is 35.5. The van der Waals surface area contributed by atoms with Gasteiger partial charge in [0.15, 0.2) is 5.11 Å². The van der Waals surface area contributed by atoms with Gasteiger partial charge in [0.2, 0.25) is 0 Å². The van der Waals surface area contributed by atoms with E-state index in [1.807, 2.05) is 13.0 Å². The molecule has 1 aliphatic carbocycles. The molecule has 27 heavy (non-hydrogen) atoms. The first-order valence-electron chi connectivity index (χ1n) is 8.09. The molecule has 1 saturated carbocycles. The predicted octanol–water partition coefficient (Wildman–Crippen LogP) is 5.26. The number of nitrogens with zero attached hydrogens (tertiary/aromatic N) is 1. The highest BCUT2D eigenvalue weighted by molar-refractivity contribution is 7.80. The zero-order valence-corrected chi connectivity index (χ0v) is 16.3. The van der Waals surface area contributed by atoms with Crippen LogP contribution in [0.25, 0.3) is 0 Å². The third kappa shape index (κ3) is 5.71. The normalized spacial score (nSPS) is 16.6. The zero-order chi connectivity index (χ0) is 20.1. The number of allylic oxidation sites excluding steroid dienone is 3. The molecule has 0 aromatic heterocycles. The summed E-state index contributed by atoms with van der Waals surface area (Å²) in [6, 6.07) is 4.76. The number of alkyl halides is 3.